The van der Waals surface area contributed by atoms with Gasteiger partial charge >= 0.3 is 0 Å². The van der Waals surface area contributed by atoms with E-state index in [0.29, 0.717) is 5.25 Å². The van der Waals surface area contributed by atoms with Gasteiger partial charge in [-0.25, -0.2) is 0 Å². The SMILES string of the molecule is C(=C\[C@@H](Sc1ccccc1)c1ccccc1)/c1ccccc1. The molecule has 0 saturated heterocycles. The molecule has 0 heterocycles. The van der Waals surface area contributed by atoms with Crippen molar-refractivity contribution >= 4 is 17.8 Å². The van der Waals surface area contributed by atoms with E-state index in [9.17, 15) is 0 Å². The van der Waals surface area contributed by atoms with E-state index in [1.165, 1.54) is 16.0 Å². The van der Waals surface area contributed by atoms with Gasteiger partial charge in [0.2, 0.25) is 0 Å². The molecule has 0 amide bonds. The van der Waals surface area contributed by atoms with Gasteiger partial charge < -0.3 is 0 Å². The zero-order chi connectivity index (χ0) is 15.0. The van der Waals surface area contributed by atoms with Crippen molar-refractivity contribution in [2.45, 2.75) is 10.1 Å². The quantitative estimate of drug-likeness (QED) is 0.503. The number of hydrogen-bond acceptors (Lipinski definition) is 1. The van der Waals surface area contributed by atoms with Gasteiger partial charge in [0, 0.05) is 4.90 Å². The van der Waals surface area contributed by atoms with E-state index in [-0.39, 0.29) is 0 Å². The lowest BCUT2D eigenvalue weighted by molar-refractivity contribution is 1.23. The van der Waals surface area contributed by atoms with Crippen LogP contribution in [0, 0.1) is 0 Å². The fraction of sp³-hybridized carbons (Fsp3) is 0.0476. The Labute approximate surface area is 136 Å². The molecule has 0 aliphatic rings. The molecule has 3 aromatic carbocycles. The summed E-state index contributed by atoms with van der Waals surface area (Å²) in [5, 5.41) is 0.309. The molecular weight excluding hydrogens is 284 g/mol. The maximum Gasteiger partial charge on any atom is 0.0527 e. The van der Waals surface area contributed by atoms with E-state index in [1.807, 2.05) is 17.8 Å². The predicted molar refractivity (Wildman–Crippen MR) is 97.0 cm³/mol. The summed E-state index contributed by atoms with van der Waals surface area (Å²) in [6.45, 7) is 0. The maximum atomic E-state index is 2.28. The number of hydrogen-bond donors (Lipinski definition) is 0. The highest BCUT2D eigenvalue weighted by Crippen LogP contribution is 2.36. The molecule has 0 bridgehead atoms. The Morgan fingerprint density at radius 3 is 1.82 bits per heavy atom. The summed E-state index contributed by atoms with van der Waals surface area (Å²) in [6, 6.07) is 31.7. The summed E-state index contributed by atoms with van der Waals surface area (Å²) < 4.78 is 0. The van der Waals surface area contributed by atoms with Crippen molar-refractivity contribution in [3.05, 3.63) is 108 Å². The molecule has 3 aromatic rings. The van der Waals surface area contributed by atoms with Crippen LogP contribution < -0.4 is 0 Å². The average molecular weight is 302 g/mol. The van der Waals surface area contributed by atoms with Crippen molar-refractivity contribution in [3.63, 3.8) is 0 Å². The Hall–Kier alpha value is -2.25. The highest BCUT2D eigenvalue weighted by atomic mass is 32.2. The molecule has 22 heavy (non-hydrogen) atoms. The second kappa shape index (κ2) is 7.67. The number of benzene rings is 3. The highest BCUT2D eigenvalue weighted by molar-refractivity contribution is 7.99. The van der Waals surface area contributed by atoms with Gasteiger partial charge in [0.05, 0.1) is 5.25 Å². The minimum absolute atomic E-state index is 0.309. The molecule has 0 spiro atoms. The molecule has 0 aromatic heterocycles. The van der Waals surface area contributed by atoms with E-state index in [4.69, 9.17) is 0 Å². The Balaban J connectivity index is 1.85. The van der Waals surface area contributed by atoms with Crippen molar-refractivity contribution in [3.8, 4) is 0 Å². The van der Waals surface area contributed by atoms with E-state index in [0.717, 1.165) is 0 Å². The standard InChI is InChI=1S/C21H18S/c1-4-10-18(11-5-1)16-17-21(19-12-6-2-7-13-19)22-20-14-8-3-9-15-20/h1-17,21H/b17-16+/t21-/m1/s1. The molecule has 0 fully saturated rings. The topological polar surface area (TPSA) is 0 Å². The highest BCUT2D eigenvalue weighted by Gasteiger charge is 2.09. The lowest BCUT2D eigenvalue weighted by Crippen LogP contribution is -1.89. The van der Waals surface area contributed by atoms with Gasteiger partial charge in [-0.2, -0.15) is 0 Å². The molecule has 0 saturated carbocycles. The maximum absolute atomic E-state index is 2.28. The lowest BCUT2D eigenvalue weighted by Gasteiger charge is -2.13. The van der Waals surface area contributed by atoms with Crippen LogP contribution in [0.25, 0.3) is 6.08 Å². The summed E-state index contributed by atoms with van der Waals surface area (Å²) in [6.07, 6.45) is 4.48. The van der Waals surface area contributed by atoms with Crippen molar-refractivity contribution in [2.24, 2.45) is 0 Å². The van der Waals surface area contributed by atoms with Gasteiger partial charge in [-0.1, -0.05) is 91.0 Å². The smallest absolute Gasteiger partial charge is 0.0527 e. The third-order valence-corrected chi connectivity index (χ3v) is 4.62. The van der Waals surface area contributed by atoms with Gasteiger partial charge in [-0.3, -0.25) is 0 Å². The first kappa shape index (κ1) is 14.7. The monoisotopic (exact) mass is 302 g/mol. The largest absolute Gasteiger partial charge is 0.114 e. The van der Waals surface area contributed by atoms with Crippen molar-refractivity contribution in [1.29, 1.82) is 0 Å². The second-order valence-corrected chi connectivity index (χ2v) is 6.25. The van der Waals surface area contributed by atoms with E-state index in [1.54, 1.807) is 0 Å². The Bertz CT molecular complexity index is 703. The van der Waals surface area contributed by atoms with Crippen LogP contribution in [0.5, 0.6) is 0 Å². The number of rotatable bonds is 5. The fourth-order valence-electron chi connectivity index (χ4n) is 2.27. The first-order valence-electron chi connectivity index (χ1n) is 7.42. The summed E-state index contributed by atoms with van der Waals surface area (Å²) >= 11 is 1.87. The molecule has 1 atom stereocenters. The molecule has 3 rings (SSSR count). The molecule has 0 aliphatic carbocycles. The minimum atomic E-state index is 0.309. The average Bonchev–Trinajstić information content (AvgIpc) is 2.61. The summed E-state index contributed by atoms with van der Waals surface area (Å²) in [5.41, 5.74) is 2.56. The van der Waals surface area contributed by atoms with Crippen molar-refractivity contribution in [1.82, 2.24) is 0 Å². The minimum Gasteiger partial charge on any atom is -0.114 e. The zero-order valence-electron chi connectivity index (χ0n) is 12.3. The van der Waals surface area contributed by atoms with Crippen LogP contribution in [0.15, 0.2) is 102 Å². The van der Waals surface area contributed by atoms with Gasteiger partial charge in [-0.05, 0) is 23.3 Å². The van der Waals surface area contributed by atoms with Gasteiger partial charge in [0.15, 0.2) is 0 Å². The van der Waals surface area contributed by atoms with Gasteiger partial charge in [0.25, 0.3) is 0 Å². The van der Waals surface area contributed by atoms with E-state index < -0.39 is 0 Å². The van der Waals surface area contributed by atoms with Crippen LogP contribution in [0.3, 0.4) is 0 Å². The van der Waals surface area contributed by atoms with Gasteiger partial charge in [-0.15, -0.1) is 11.8 Å². The van der Waals surface area contributed by atoms with E-state index in [2.05, 4.69) is 97.1 Å². The molecule has 108 valence electrons. The summed E-state index contributed by atoms with van der Waals surface area (Å²) in [7, 11) is 0. The molecular formula is C21H18S. The zero-order valence-corrected chi connectivity index (χ0v) is 13.1. The van der Waals surface area contributed by atoms with Gasteiger partial charge in [0.1, 0.15) is 0 Å². The van der Waals surface area contributed by atoms with Crippen LogP contribution in [-0.4, -0.2) is 0 Å². The van der Waals surface area contributed by atoms with Crippen LogP contribution in [-0.2, 0) is 0 Å². The Kier molecular flexibility index (Phi) is 5.12. The van der Waals surface area contributed by atoms with Crippen LogP contribution in [0.4, 0.5) is 0 Å². The first-order chi connectivity index (χ1) is 10.9. The predicted octanol–water partition coefficient (Wildman–Crippen LogP) is 6.23. The molecule has 0 aliphatic heterocycles. The molecule has 0 unspecified atom stereocenters. The number of thioether (sulfide) groups is 1. The van der Waals surface area contributed by atoms with E-state index >= 15 is 0 Å². The van der Waals surface area contributed by atoms with Crippen LogP contribution in [0.1, 0.15) is 16.4 Å². The normalized spacial score (nSPS) is 12.4. The van der Waals surface area contributed by atoms with Crippen LogP contribution in [0.2, 0.25) is 0 Å². The second-order valence-electron chi connectivity index (χ2n) is 5.03. The van der Waals surface area contributed by atoms with Crippen molar-refractivity contribution < 1.29 is 0 Å². The molecule has 0 nitrogen and oxygen atoms in total. The first-order valence-corrected chi connectivity index (χ1v) is 8.30. The Morgan fingerprint density at radius 1 is 0.636 bits per heavy atom. The molecule has 0 N–H and O–H groups in total. The fourth-order valence-corrected chi connectivity index (χ4v) is 3.33. The summed E-state index contributed by atoms with van der Waals surface area (Å²) in [4.78, 5) is 1.29. The third kappa shape index (κ3) is 4.12. The molecule has 1 heteroatoms. The van der Waals surface area contributed by atoms with Crippen LogP contribution >= 0.6 is 11.8 Å². The Morgan fingerprint density at radius 2 is 1.18 bits per heavy atom. The molecule has 0 radical (unpaired) electrons. The summed E-state index contributed by atoms with van der Waals surface area (Å²) in [5.74, 6) is 0. The lowest BCUT2D eigenvalue weighted by atomic mass is 10.1. The van der Waals surface area contributed by atoms with Crippen molar-refractivity contribution in [2.75, 3.05) is 0 Å². The third-order valence-electron chi connectivity index (χ3n) is 3.40.